The molecular weight excluding hydrogens is 313 g/mol. The number of carboxylic acids is 1. The van der Waals surface area contributed by atoms with Crippen molar-refractivity contribution in [3.05, 3.63) is 63.6 Å². The molecule has 21 heavy (non-hydrogen) atoms. The summed E-state index contributed by atoms with van der Waals surface area (Å²) in [6, 6.07) is 10.8. The Hall–Kier alpha value is -1.75. The van der Waals surface area contributed by atoms with E-state index in [-0.39, 0.29) is 0 Å². The Bertz CT molecular complexity index is 644. The van der Waals surface area contributed by atoms with E-state index in [1.165, 1.54) is 0 Å². The van der Waals surface area contributed by atoms with Gasteiger partial charge in [0.2, 0.25) is 0 Å². The molecule has 0 fully saturated rings. The minimum absolute atomic E-state index is 0.335. The predicted octanol–water partition coefficient (Wildman–Crippen LogP) is 3.66. The van der Waals surface area contributed by atoms with Crippen molar-refractivity contribution < 1.29 is 14.6 Å². The normalized spacial score (nSPS) is 12.0. The molecule has 0 unspecified atom stereocenters. The van der Waals surface area contributed by atoms with Gasteiger partial charge in [0.05, 0.1) is 10.0 Å². The summed E-state index contributed by atoms with van der Waals surface area (Å²) in [6.45, 7) is 0.335. The second kappa shape index (κ2) is 6.80. The second-order valence-corrected chi connectivity index (χ2v) is 5.24. The summed E-state index contributed by atoms with van der Waals surface area (Å²) in [5.74, 6) is -0.457. The SMILES string of the molecule is N[C@H](C(=O)O)c1ccc(OCc2ccc(Cl)c(Cl)c2)cc1. The van der Waals surface area contributed by atoms with Gasteiger partial charge in [0.1, 0.15) is 18.4 Å². The van der Waals surface area contributed by atoms with Crippen molar-refractivity contribution in [1.82, 2.24) is 0 Å². The molecule has 0 radical (unpaired) electrons. The Labute approximate surface area is 132 Å². The van der Waals surface area contributed by atoms with E-state index in [9.17, 15) is 4.79 Å². The van der Waals surface area contributed by atoms with Crippen molar-refractivity contribution in [2.45, 2.75) is 12.6 Å². The molecule has 6 heteroatoms. The van der Waals surface area contributed by atoms with Gasteiger partial charge in [0.25, 0.3) is 0 Å². The Morgan fingerprint density at radius 3 is 2.38 bits per heavy atom. The number of rotatable bonds is 5. The lowest BCUT2D eigenvalue weighted by Crippen LogP contribution is -2.20. The second-order valence-electron chi connectivity index (χ2n) is 4.42. The zero-order chi connectivity index (χ0) is 15.4. The van der Waals surface area contributed by atoms with Crippen molar-refractivity contribution in [3.63, 3.8) is 0 Å². The van der Waals surface area contributed by atoms with Gasteiger partial charge in [0.15, 0.2) is 0 Å². The third-order valence-electron chi connectivity index (χ3n) is 2.89. The lowest BCUT2D eigenvalue weighted by molar-refractivity contribution is -0.138. The van der Waals surface area contributed by atoms with Gasteiger partial charge < -0.3 is 15.6 Å². The average Bonchev–Trinajstić information content (AvgIpc) is 2.48. The van der Waals surface area contributed by atoms with E-state index in [0.29, 0.717) is 28.0 Å². The number of benzene rings is 2. The number of nitrogens with two attached hydrogens (primary N) is 1. The number of halogens is 2. The lowest BCUT2D eigenvalue weighted by atomic mass is 10.1. The Balaban J connectivity index is 2.00. The molecule has 0 amide bonds. The van der Waals surface area contributed by atoms with E-state index in [4.69, 9.17) is 38.8 Å². The van der Waals surface area contributed by atoms with Gasteiger partial charge in [-0.05, 0) is 35.4 Å². The van der Waals surface area contributed by atoms with Crippen molar-refractivity contribution in [3.8, 4) is 5.75 Å². The van der Waals surface area contributed by atoms with Crippen molar-refractivity contribution in [2.75, 3.05) is 0 Å². The molecule has 3 N–H and O–H groups in total. The van der Waals surface area contributed by atoms with Gasteiger partial charge in [-0.3, -0.25) is 4.79 Å². The molecule has 0 aliphatic rings. The van der Waals surface area contributed by atoms with Crippen molar-refractivity contribution in [1.29, 1.82) is 0 Å². The molecule has 2 aromatic carbocycles. The third kappa shape index (κ3) is 4.11. The summed E-state index contributed by atoms with van der Waals surface area (Å²) >= 11 is 11.8. The van der Waals surface area contributed by atoms with E-state index in [2.05, 4.69) is 0 Å². The van der Waals surface area contributed by atoms with Crippen LogP contribution >= 0.6 is 23.2 Å². The van der Waals surface area contributed by atoms with Gasteiger partial charge in [-0.25, -0.2) is 0 Å². The maximum absolute atomic E-state index is 10.8. The highest BCUT2D eigenvalue weighted by atomic mass is 35.5. The number of aliphatic carboxylic acids is 1. The largest absolute Gasteiger partial charge is 0.489 e. The number of carboxylic acid groups (broad SMARTS) is 1. The van der Waals surface area contributed by atoms with E-state index in [0.717, 1.165) is 5.56 Å². The third-order valence-corrected chi connectivity index (χ3v) is 3.63. The summed E-state index contributed by atoms with van der Waals surface area (Å²) in [6.07, 6.45) is 0. The Kier molecular flexibility index (Phi) is 5.07. The van der Waals surface area contributed by atoms with Crippen LogP contribution in [0.25, 0.3) is 0 Å². The first-order valence-electron chi connectivity index (χ1n) is 6.12. The Morgan fingerprint density at radius 1 is 1.14 bits per heavy atom. The highest BCUT2D eigenvalue weighted by Crippen LogP contribution is 2.24. The van der Waals surface area contributed by atoms with Crippen molar-refractivity contribution >= 4 is 29.2 Å². The van der Waals surface area contributed by atoms with Crippen LogP contribution in [0.2, 0.25) is 10.0 Å². The van der Waals surface area contributed by atoms with E-state index in [1.54, 1.807) is 36.4 Å². The van der Waals surface area contributed by atoms with Crippen LogP contribution in [0.1, 0.15) is 17.2 Å². The minimum atomic E-state index is -1.07. The lowest BCUT2D eigenvalue weighted by Gasteiger charge is -2.10. The monoisotopic (exact) mass is 325 g/mol. The summed E-state index contributed by atoms with van der Waals surface area (Å²) in [7, 11) is 0. The molecule has 0 heterocycles. The summed E-state index contributed by atoms with van der Waals surface area (Å²) in [5, 5.41) is 9.79. The van der Waals surface area contributed by atoms with E-state index < -0.39 is 12.0 Å². The molecule has 4 nitrogen and oxygen atoms in total. The fourth-order valence-electron chi connectivity index (χ4n) is 1.71. The van der Waals surface area contributed by atoms with Crippen LogP contribution in [-0.4, -0.2) is 11.1 Å². The van der Waals surface area contributed by atoms with Gasteiger partial charge >= 0.3 is 5.97 Å². The molecule has 0 spiro atoms. The zero-order valence-electron chi connectivity index (χ0n) is 10.9. The molecule has 2 aromatic rings. The van der Waals surface area contributed by atoms with Gasteiger partial charge in [-0.2, -0.15) is 0 Å². The molecule has 0 aromatic heterocycles. The molecule has 0 bridgehead atoms. The molecule has 0 aliphatic carbocycles. The number of ether oxygens (including phenoxy) is 1. The van der Waals surface area contributed by atoms with Crippen LogP contribution in [0.5, 0.6) is 5.75 Å². The average molecular weight is 326 g/mol. The summed E-state index contributed by atoms with van der Waals surface area (Å²) < 4.78 is 5.59. The maximum atomic E-state index is 10.8. The molecule has 1 atom stereocenters. The van der Waals surface area contributed by atoms with Crippen LogP contribution in [0.15, 0.2) is 42.5 Å². The van der Waals surface area contributed by atoms with Crippen LogP contribution in [0.4, 0.5) is 0 Å². The number of carbonyl (C=O) groups is 1. The van der Waals surface area contributed by atoms with Crippen LogP contribution < -0.4 is 10.5 Å². The topological polar surface area (TPSA) is 72.6 Å². The highest BCUT2D eigenvalue weighted by molar-refractivity contribution is 6.42. The molecule has 0 saturated heterocycles. The molecule has 2 rings (SSSR count). The van der Waals surface area contributed by atoms with Gasteiger partial charge in [0, 0.05) is 0 Å². The van der Waals surface area contributed by atoms with E-state index >= 15 is 0 Å². The Morgan fingerprint density at radius 2 is 1.81 bits per heavy atom. The molecule has 110 valence electrons. The number of hydrogen-bond acceptors (Lipinski definition) is 3. The highest BCUT2D eigenvalue weighted by Gasteiger charge is 2.13. The molecule has 0 aliphatic heterocycles. The molecule has 0 saturated carbocycles. The summed E-state index contributed by atoms with van der Waals surface area (Å²) in [4.78, 5) is 10.8. The predicted molar refractivity (Wildman–Crippen MR) is 81.8 cm³/mol. The van der Waals surface area contributed by atoms with Crippen molar-refractivity contribution in [2.24, 2.45) is 5.73 Å². The van der Waals surface area contributed by atoms with Crippen LogP contribution in [0.3, 0.4) is 0 Å². The zero-order valence-corrected chi connectivity index (χ0v) is 12.4. The summed E-state index contributed by atoms with van der Waals surface area (Å²) in [5.41, 5.74) is 6.92. The minimum Gasteiger partial charge on any atom is -0.489 e. The van der Waals surface area contributed by atoms with Gasteiger partial charge in [-0.1, -0.05) is 41.4 Å². The quantitative estimate of drug-likeness (QED) is 0.879. The first kappa shape index (κ1) is 15.6. The number of hydrogen-bond donors (Lipinski definition) is 2. The smallest absolute Gasteiger partial charge is 0.325 e. The fourth-order valence-corrected chi connectivity index (χ4v) is 2.03. The standard InChI is InChI=1S/C15H13Cl2NO3/c16-12-6-1-9(7-13(12)17)8-21-11-4-2-10(3-5-11)14(18)15(19)20/h1-7,14H,8,18H2,(H,19,20)/t14-/m0/s1. The fraction of sp³-hybridized carbons (Fsp3) is 0.133. The van der Waals surface area contributed by atoms with Crippen LogP contribution in [-0.2, 0) is 11.4 Å². The van der Waals surface area contributed by atoms with Gasteiger partial charge in [-0.15, -0.1) is 0 Å². The first-order chi connectivity index (χ1) is 9.97. The molecular formula is C15H13Cl2NO3. The maximum Gasteiger partial charge on any atom is 0.325 e. The first-order valence-corrected chi connectivity index (χ1v) is 6.88. The van der Waals surface area contributed by atoms with E-state index in [1.807, 2.05) is 6.07 Å². The van der Waals surface area contributed by atoms with Crippen LogP contribution in [0, 0.1) is 0 Å².